The van der Waals surface area contributed by atoms with Crippen molar-refractivity contribution in [1.29, 1.82) is 0 Å². The van der Waals surface area contributed by atoms with Gasteiger partial charge >= 0.3 is 0 Å². The number of aromatic amines is 1. The summed E-state index contributed by atoms with van der Waals surface area (Å²) < 4.78 is 19.2. The van der Waals surface area contributed by atoms with E-state index in [0.717, 1.165) is 46.4 Å². The summed E-state index contributed by atoms with van der Waals surface area (Å²) in [5, 5.41) is 0.190. The highest BCUT2D eigenvalue weighted by Crippen LogP contribution is 2.46. The lowest BCUT2D eigenvalue weighted by molar-refractivity contribution is 0.413. The van der Waals surface area contributed by atoms with Crippen LogP contribution in [0.25, 0.3) is 0 Å². The highest BCUT2D eigenvalue weighted by Gasteiger charge is 2.24. The Balaban J connectivity index is 1.68. The number of nitrogens with one attached hydrogen (secondary N) is 1. The molecule has 1 atom stereocenters. The molecule has 1 aliphatic rings. The number of fused-ring (bicyclic) bond motifs is 1. The molecule has 6 heteroatoms. The third-order valence-corrected chi connectivity index (χ3v) is 6.13. The maximum Gasteiger partial charge on any atom is 0.125 e. The molecule has 0 spiro atoms. The third kappa shape index (κ3) is 3.95. The predicted octanol–water partition coefficient (Wildman–Crippen LogP) is 5.11. The molecule has 0 saturated carbocycles. The molecule has 1 unspecified atom stereocenters. The zero-order valence-electron chi connectivity index (χ0n) is 15.4. The SMILES string of the molecule is COc1ccc2c(c1)SC(c1cccc(F)c1)CCN2Cc1ncc(C)[nH]1. The first-order valence-corrected chi connectivity index (χ1v) is 9.86. The van der Waals surface area contributed by atoms with Crippen LogP contribution in [0.4, 0.5) is 10.1 Å². The van der Waals surface area contributed by atoms with E-state index in [1.54, 1.807) is 31.0 Å². The van der Waals surface area contributed by atoms with Gasteiger partial charge in [0.25, 0.3) is 0 Å². The normalized spacial score (nSPS) is 16.7. The second-order valence-corrected chi connectivity index (χ2v) is 7.96. The highest BCUT2D eigenvalue weighted by molar-refractivity contribution is 7.99. The van der Waals surface area contributed by atoms with E-state index in [-0.39, 0.29) is 11.1 Å². The molecule has 1 aromatic heterocycles. The van der Waals surface area contributed by atoms with Crippen LogP contribution < -0.4 is 9.64 Å². The van der Waals surface area contributed by atoms with Crippen molar-refractivity contribution < 1.29 is 9.13 Å². The lowest BCUT2D eigenvalue weighted by atomic mass is 10.1. The van der Waals surface area contributed by atoms with Gasteiger partial charge in [-0.2, -0.15) is 0 Å². The number of aromatic nitrogens is 2. The molecule has 4 rings (SSSR count). The minimum atomic E-state index is -0.189. The van der Waals surface area contributed by atoms with Crippen molar-refractivity contribution in [2.75, 3.05) is 18.6 Å². The molecule has 0 bridgehead atoms. The molecular formula is C21H22FN3OS. The average Bonchev–Trinajstić information content (AvgIpc) is 2.99. The third-order valence-electron chi connectivity index (χ3n) is 4.75. The molecule has 0 amide bonds. The molecule has 1 aliphatic heterocycles. The van der Waals surface area contributed by atoms with E-state index < -0.39 is 0 Å². The standard InChI is InChI=1S/C21H22FN3OS/c1-14-12-23-21(24-14)13-25-9-8-19(15-4-3-5-16(22)10-15)27-20-11-17(26-2)6-7-18(20)25/h3-7,10-12,19H,8-9,13H2,1-2H3,(H,23,24). The van der Waals surface area contributed by atoms with Gasteiger partial charge in [-0.15, -0.1) is 11.8 Å². The van der Waals surface area contributed by atoms with E-state index >= 15 is 0 Å². The van der Waals surface area contributed by atoms with Crippen LogP contribution in [0, 0.1) is 12.7 Å². The number of anilines is 1. The largest absolute Gasteiger partial charge is 0.497 e. The summed E-state index contributed by atoms with van der Waals surface area (Å²) in [7, 11) is 1.68. The maximum atomic E-state index is 13.8. The fourth-order valence-electron chi connectivity index (χ4n) is 3.42. The van der Waals surface area contributed by atoms with Crippen molar-refractivity contribution in [3.8, 4) is 5.75 Å². The number of imidazole rings is 1. The van der Waals surface area contributed by atoms with Gasteiger partial charge < -0.3 is 14.6 Å². The number of methoxy groups -OCH3 is 1. The molecule has 2 aromatic carbocycles. The van der Waals surface area contributed by atoms with Crippen LogP contribution in [-0.4, -0.2) is 23.6 Å². The number of aryl methyl sites for hydroxylation is 1. The summed E-state index contributed by atoms with van der Waals surface area (Å²) in [5.41, 5.74) is 3.24. The van der Waals surface area contributed by atoms with Crippen molar-refractivity contribution in [3.63, 3.8) is 0 Å². The molecule has 0 radical (unpaired) electrons. The predicted molar refractivity (Wildman–Crippen MR) is 107 cm³/mol. The summed E-state index contributed by atoms with van der Waals surface area (Å²) in [5.74, 6) is 1.59. The number of nitrogens with zero attached hydrogens (tertiary/aromatic N) is 2. The first-order valence-electron chi connectivity index (χ1n) is 8.98. The zero-order valence-corrected chi connectivity index (χ0v) is 16.2. The molecule has 0 saturated heterocycles. The first-order chi connectivity index (χ1) is 13.1. The minimum absolute atomic E-state index is 0.189. The van der Waals surface area contributed by atoms with E-state index in [9.17, 15) is 4.39 Å². The summed E-state index contributed by atoms with van der Waals surface area (Å²) in [6.07, 6.45) is 2.77. The number of H-pyrrole nitrogens is 1. The number of hydrogen-bond donors (Lipinski definition) is 1. The molecule has 2 heterocycles. The van der Waals surface area contributed by atoms with Crippen LogP contribution in [0.2, 0.25) is 0 Å². The average molecular weight is 383 g/mol. The molecule has 4 nitrogen and oxygen atoms in total. The number of thioether (sulfide) groups is 1. The van der Waals surface area contributed by atoms with E-state index in [1.807, 2.05) is 25.3 Å². The quantitative estimate of drug-likeness (QED) is 0.680. The van der Waals surface area contributed by atoms with E-state index in [1.165, 1.54) is 6.07 Å². The minimum Gasteiger partial charge on any atom is -0.497 e. The number of halogens is 1. The Kier molecular flexibility index (Phi) is 5.07. The maximum absolute atomic E-state index is 13.8. The Hall–Kier alpha value is -2.47. The van der Waals surface area contributed by atoms with E-state index in [2.05, 4.69) is 27.0 Å². The van der Waals surface area contributed by atoms with Gasteiger partial charge in [-0.05, 0) is 49.2 Å². The van der Waals surface area contributed by atoms with Crippen molar-refractivity contribution in [2.24, 2.45) is 0 Å². The Morgan fingerprint density at radius 3 is 2.93 bits per heavy atom. The van der Waals surface area contributed by atoms with E-state index in [0.29, 0.717) is 6.54 Å². The Bertz CT molecular complexity index is 943. The monoisotopic (exact) mass is 383 g/mol. The van der Waals surface area contributed by atoms with Gasteiger partial charge in [0, 0.05) is 28.6 Å². The van der Waals surface area contributed by atoms with Crippen LogP contribution in [-0.2, 0) is 6.54 Å². The second kappa shape index (κ2) is 7.64. The van der Waals surface area contributed by atoms with Gasteiger partial charge in [-0.1, -0.05) is 12.1 Å². The summed E-state index contributed by atoms with van der Waals surface area (Å²) in [4.78, 5) is 11.2. The highest BCUT2D eigenvalue weighted by atomic mass is 32.2. The van der Waals surface area contributed by atoms with Gasteiger partial charge in [0.2, 0.25) is 0 Å². The first kappa shape index (κ1) is 17.9. The molecule has 3 aromatic rings. The van der Waals surface area contributed by atoms with Crippen LogP contribution in [0.1, 0.15) is 28.8 Å². The van der Waals surface area contributed by atoms with E-state index in [4.69, 9.17) is 4.74 Å². The smallest absolute Gasteiger partial charge is 0.125 e. The Morgan fingerprint density at radius 1 is 1.30 bits per heavy atom. The molecule has 0 fully saturated rings. The molecular weight excluding hydrogens is 361 g/mol. The number of ether oxygens (including phenoxy) is 1. The van der Waals surface area contributed by atoms with Crippen molar-refractivity contribution in [3.05, 3.63) is 71.6 Å². The lowest BCUT2D eigenvalue weighted by Crippen LogP contribution is -2.24. The van der Waals surface area contributed by atoms with Gasteiger partial charge in [0.05, 0.1) is 19.3 Å². The topological polar surface area (TPSA) is 41.1 Å². The second-order valence-electron chi connectivity index (χ2n) is 6.72. The fraction of sp³-hybridized carbons (Fsp3) is 0.286. The van der Waals surface area contributed by atoms with Gasteiger partial charge in [0.1, 0.15) is 17.4 Å². The molecule has 0 aliphatic carbocycles. The van der Waals surface area contributed by atoms with Crippen LogP contribution in [0.3, 0.4) is 0 Å². The van der Waals surface area contributed by atoms with Crippen LogP contribution in [0.15, 0.2) is 53.6 Å². The summed E-state index contributed by atoms with van der Waals surface area (Å²) in [6.45, 7) is 3.59. The van der Waals surface area contributed by atoms with Crippen LogP contribution in [0.5, 0.6) is 5.75 Å². The van der Waals surface area contributed by atoms with Gasteiger partial charge in [-0.25, -0.2) is 9.37 Å². The van der Waals surface area contributed by atoms with Crippen molar-refractivity contribution in [1.82, 2.24) is 9.97 Å². The van der Waals surface area contributed by atoms with Gasteiger partial charge in [0.15, 0.2) is 0 Å². The number of benzene rings is 2. The molecule has 140 valence electrons. The Labute approximate surface area is 162 Å². The molecule has 27 heavy (non-hydrogen) atoms. The van der Waals surface area contributed by atoms with Crippen molar-refractivity contribution >= 4 is 17.4 Å². The number of hydrogen-bond acceptors (Lipinski definition) is 4. The van der Waals surface area contributed by atoms with Gasteiger partial charge in [-0.3, -0.25) is 0 Å². The van der Waals surface area contributed by atoms with Crippen molar-refractivity contribution in [2.45, 2.75) is 30.0 Å². The number of rotatable bonds is 4. The fourth-order valence-corrected chi connectivity index (χ4v) is 4.73. The van der Waals surface area contributed by atoms with Crippen LogP contribution >= 0.6 is 11.8 Å². The summed E-state index contributed by atoms with van der Waals surface area (Å²) in [6, 6.07) is 13.1. The summed E-state index contributed by atoms with van der Waals surface area (Å²) >= 11 is 1.77. The Morgan fingerprint density at radius 2 is 2.19 bits per heavy atom. The molecule has 1 N–H and O–H groups in total. The zero-order chi connectivity index (χ0) is 18.8. The lowest BCUT2D eigenvalue weighted by Gasteiger charge is -2.23.